The Labute approximate surface area is 179 Å². The van der Waals surface area contributed by atoms with Gasteiger partial charge in [0.05, 0.1) is 22.9 Å². The molecule has 0 bridgehead atoms. The predicted molar refractivity (Wildman–Crippen MR) is 119 cm³/mol. The molecule has 2 atom stereocenters. The van der Waals surface area contributed by atoms with Crippen LogP contribution in [0.4, 0.5) is 5.69 Å². The van der Waals surface area contributed by atoms with Gasteiger partial charge in [-0.05, 0) is 62.6 Å². The van der Waals surface area contributed by atoms with Gasteiger partial charge in [-0.2, -0.15) is 0 Å². The fourth-order valence-corrected chi connectivity index (χ4v) is 5.01. The Hall–Kier alpha value is -2.39. The highest BCUT2D eigenvalue weighted by Crippen LogP contribution is 2.26. The van der Waals surface area contributed by atoms with Crippen molar-refractivity contribution in [1.82, 2.24) is 5.32 Å². The van der Waals surface area contributed by atoms with Gasteiger partial charge in [0.1, 0.15) is 6.04 Å². The first-order chi connectivity index (χ1) is 13.7. The third-order valence-electron chi connectivity index (χ3n) is 4.86. The van der Waals surface area contributed by atoms with Crippen LogP contribution in [0, 0.1) is 13.8 Å². The van der Waals surface area contributed by atoms with Gasteiger partial charge in [-0.3, -0.25) is 9.10 Å². The maximum Gasteiger partial charge on any atom is 0.244 e. The predicted octanol–water partition coefficient (Wildman–Crippen LogP) is 2.74. The van der Waals surface area contributed by atoms with Crippen LogP contribution < -0.4 is 9.62 Å². The van der Waals surface area contributed by atoms with Gasteiger partial charge in [-0.1, -0.05) is 24.3 Å². The van der Waals surface area contributed by atoms with Gasteiger partial charge < -0.3 is 5.32 Å². The van der Waals surface area contributed by atoms with Crippen molar-refractivity contribution in [2.45, 2.75) is 44.7 Å². The smallest absolute Gasteiger partial charge is 0.244 e. The summed E-state index contributed by atoms with van der Waals surface area (Å²) in [5.41, 5.74) is 2.80. The summed E-state index contributed by atoms with van der Waals surface area (Å²) in [6.07, 6.45) is 2.20. The molecule has 2 aromatic carbocycles. The largest absolute Gasteiger partial charge is 0.348 e. The average Bonchev–Trinajstić information content (AvgIpc) is 2.62. The molecule has 1 N–H and O–H groups in total. The van der Waals surface area contributed by atoms with Crippen LogP contribution in [0.1, 0.15) is 36.6 Å². The molecule has 0 aromatic heterocycles. The first kappa shape index (κ1) is 23.9. The lowest BCUT2D eigenvalue weighted by Crippen LogP contribution is -2.48. The highest BCUT2D eigenvalue weighted by Gasteiger charge is 2.31. The number of sulfone groups is 1. The van der Waals surface area contributed by atoms with Crippen LogP contribution in [-0.2, 0) is 24.7 Å². The Bertz CT molecular complexity index is 1140. The molecule has 0 spiro atoms. The lowest BCUT2D eigenvalue weighted by molar-refractivity contribution is -0.122. The molecule has 0 radical (unpaired) electrons. The summed E-state index contributed by atoms with van der Waals surface area (Å²) in [6, 6.07) is 10.3. The number of nitrogens with zero attached hydrogens (tertiary/aromatic N) is 1. The SMILES string of the molecule is Cc1ccc(C)c(N(C(C)C(=O)NC(C)c2ccc(S(C)(=O)=O)cc2)S(C)(=O)=O)c1. The van der Waals surface area contributed by atoms with Crippen LogP contribution in [0.3, 0.4) is 0 Å². The van der Waals surface area contributed by atoms with E-state index in [1.54, 1.807) is 32.0 Å². The molecule has 0 aliphatic carbocycles. The van der Waals surface area contributed by atoms with E-state index in [1.165, 1.54) is 19.1 Å². The number of hydrogen-bond donors (Lipinski definition) is 1. The lowest BCUT2D eigenvalue weighted by atomic mass is 10.1. The van der Waals surface area contributed by atoms with E-state index in [9.17, 15) is 21.6 Å². The Morgan fingerprint density at radius 2 is 1.50 bits per heavy atom. The van der Waals surface area contributed by atoms with Gasteiger partial charge in [-0.25, -0.2) is 16.8 Å². The van der Waals surface area contributed by atoms with E-state index in [1.807, 2.05) is 19.1 Å². The standard InChI is InChI=1S/C21H28N2O5S2/c1-14-7-8-15(2)20(13-14)23(30(6,27)28)17(4)21(24)22-16(3)18-9-11-19(12-10-18)29(5,25)26/h7-13,16-17H,1-6H3,(H,22,24). The van der Waals surface area contributed by atoms with Gasteiger partial charge in [0.15, 0.2) is 9.84 Å². The van der Waals surface area contributed by atoms with Crippen molar-refractivity contribution >= 4 is 31.5 Å². The molecule has 0 aliphatic heterocycles. The number of rotatable bonds is 7. The normalized spacial score (nSPS) is 14.1. The highest BCUT2D eigenvalue weighted by atomic mass is 32.2. The summed E-state index contributed by atoms with van der Waals surface area (Å²) in [5.74, 6) is -0.457. The van der Waals surface area contributed by atoms with Crippen molar-refractivity contribution in [2.24, 2.45) is 0 Å². The number of hydrogen-bond acceptors (Lipinski definition) is 5. The summed E-state index contributed by atoms with van der Waals surface area (Å²) in [6.45, 7) is 6.94. The van der Waals surface area contributed by atoms with E-state index >= 15 is 0 Å². The van der Waals surface area contributed by atoms with Crippen LogP contribution >= 0.6 is 0 Å². The van der Waals surface area contributed by atoms with E-state index in [0.717, 1.165) is 27.9 Å². The van der Waals surface area contributed by atoms with E-state index in [-0.39, 0.29) is 4.90 Å². The molecule has 9 heteroatoms. The number of anilines is 1. The minimum absolute atomic E-state index is 0.191. The second-order valence-electron chi connectivity index (χ2n) is 7.60. The third kappa shape index (κ3) is 5.60. The van der Waals surface area contributed by atoms with E-state index in [0.29, 0.717) is 11.3 Å². The number of carbonyl (C=O) groups is 1. The molecule has 0 aliphatic rings. The van der Waals surface area contributed by atoms with E-state index in [4.69, 9.17) is 0 Å². The molecule has 0 saturated carbocycles. The Balaban J connectivity index is 2.28. The zero-order valence-electron chi connectivity index (χ0n) is 18.0. The van der Waals surface area contributed by atoms with Crippen molar-refractivity contribution in [3.63, 3.8) is 0 Å². The first-order valence-corrected chi connectivity index (χ1v) is 13.1. The van der Waals surface area contributed by atoms with Crippen molar-refractivity contribution in [3.8, 4) is 0 Å². The maximum absolute atomic E-state index is 12.9. The zero-order chi connectivity index (χ0) is 22.9. The van der Waals surface area contributed by atoms with Gasteiger partial charge in [-0.15, -0.1) is 0 Å². The topological polar surface area (TPSA) is 101 Å². The maximum atomic E-state index is 12.9. The number of benzene rings is 2. The Morgan fingerprint density at radius 1 is 0.933 bits per heavy atom. The average molecular weight is 453 g/mol. The van der Waals surface area contributed by atoms with Gasteiger partial charge in [0.25, 0.3) is 0 Å². The molecule has 0 saturated heterocycles. The molecular weight excluding hydrogens is 424 g/mol. The monoisotopic (exact) mass is 452 g/mol. The van der Waals surface area contributed by atoms with E-state index < -0.39 is 37.9 Å². The molecule has 2 unspecified atom stereocenters. The third-order valence-corrected chi connectivity index (χ3v) is 7.21. The fraction of sp³-hybridized carbons (Fsp3) is 0.381. The van der Waals surface area contributed by atoms with Crippen LogP contribution in [0.2, 0.25) is 0 Å². The summed E-state index contributed by atoms with van der Waals surface area (Å²) in [5, 5.41) is 2.82. The van der Waals surface area contributed by atoms with Crippen molar-refractivity contribution in [3.05, 3.63) is 59.2 Å². The summed E-state index contributed by atoms with van der Waals surface area (Å²) >= 11 is 0. The molecule has 1 amide bonds. The van der Waals surface area contributed by atoms with Crippen LogP contribution in [0.5, 0.6) is 0 Å². The van der Waals surface area contributed by atoms with E-state index in [2.05, 4.69) is 5.32 Å². The number of sulfonamides is 1. The van der Waals surface area contributed by atoms with Crippen molar-refractivity contribution in [2.75, 3.05) is 16.8 Å². The molecule has 2 rings (SSSR count). The van der Waals surface area contributed by atoms with Crippen molar-refractivity contribution < 1.29 is 21.6 Å². The Morgan fingerprint density at radius 3 is 2.00 bits per heavy atom. The highest BCUT2D eigenvalue weighted by molar-refractivity contribution is 7.92. The number of nitrogens with one attached hydrogen (secondary N) is 1. The molecule has 7 nitrogen and oxygen atoms in total. The second kappa shape index (κ2) is 8.77. The summed E-state index contributed by atoms with van der Waals surface area (Å²) in [7, 11) is -7.03. The first-order valence-electron chi connectivity index (χ1n) is 9.39. The number of amides is 1. The summed E-state index contributed by atoms with van der Waals surface area (Å²) in [4.78, 5) is 13.1. The molecule has 0 heterocycles. The minimum atomic E-state index is -3.72. The number of aryl methyl sites for hydroxylation is 2. The van der Waals surface area contributed by atoms with Gasteiger partial charge >= 0.3 is 0 Å². The lowest BCUT2D eigenvalue weighted by Gasteiger charge is -2.30. The minimum Gasteiger partial charge on any atom is -0.348 e. The van der Waals surface area contributed by atoms with Gasteiger partial charge in [0, 0.05) is 6.26 Å². The van der Waals surface area contributed by atoms with Crippen LogP contribution in [-0.4, -0.2) is 41.3 Å². The van der Waals surface area contributed by atoms with Crippen LogP contribution in [0.15, 0.2) is 47.4 Å². The Kier molecular flexibility index (Phi) is 6.98. The molecule has 164 valence electrons. The fourth-order valence-electron chi connectivity index (χ4n) is 3.16. The molecule has 30 heavy (non-hydrogen) atoms. The summed E-state index contributed by atoms with van der Waals surface area (Å²) < 4.78 is 49.4. The van der Waals surface area contributed by atoms with Crippen molar-refractivity contribution in [1.29, 1.82) is 0 Å². The van der Waals surface area contributed by atoms with Crippen LogP contribution in [0.25, 0.3) is 0 Å². The quantitative estimate of drug-likeness (QED) is 0.696. The second-order valence-corrected chi connectivity index (χ2v) is 11.5. The molecule has 0 fully saturated rings. The molecular formula is C21H28N2O5S2. The zero-order valence-corrected chi connectivity index (χ0v) is 19.6. The van der Waals surface area contributed by atoms with Gasteiger partial charge in [0.2, 0.25) is 15.9 Å². The number of carbonyl (C=O) groups excluding carboxylic acids is 1. The molecule has 2 aromatic rings.